The zero-order valence-electron chi connectivity index (χ0n) is 16.0. The molecule has 0 unspecified atom stereocenters. The van der Waals surface area contributed by atoms with Crippen LogP contribution in [0.5, 0.6) is 0 Å². The molecule has 4 nitrogen and oxygen atoms in total. The lowest BCUT2D eigenvalue weighted by Crippen LogP contribution is -2.50. The lowest BCUT2D eigenvalue weighted by molar-refractivity contribution is 0.0507. The zero-order chi connectivity index (χ0) is 20.1. The SMILES string of the molecule is CC(C)(C)N1CCn2c(nc(-c3ccccc3Cl)c2-c2ccc(Cl)cc2)C1=O. The van der Waals surface area contributed by atoms with Gasteiger partial charge in [-0.25, -0.2) is 4.98 Å². The van der Waals surface area contributed by atoms with E-state index in [0.717, 1.165) is 16.8 Å². The first-order chi connectivity index (χ1) is 13.3. The average molecular weight is 414 g/mol. The summed E-state index contributed by atoms with van der Waals surface area (Å²) in [5.41, 5.74) is 3.11. The number of nitrogens with zero attached hydrogens (tertiary/aromatic N) is 3. The van der Waals surface area contributed by atoms with E-state index < -0.39 is 0 Å². The number of aromatic nitrogens is 2. The van der Waals surface area contributed by atoms with Crippen LogP contribution in [0.2, 0.25) is 10.0 Å². The van der Waals surface area contributed by atoms with Crippen LogP contribution in [0.4, 0.5) is 0 Å². The molecule has 28 heavy (non-hydrogen) atoms. The molecule has 3 aromatic rings. The van der Waals surface area contributed by atoms with Crippen molar-refractivity contribution in [2.45, 2.75) is 32.9 Å². The number of fused-ring (bicyclic) bond motifs is 1. The molecule has 0 spiro atoms. The predicted octanol–water partition coefficient (Wildman–Crippen LogP) is 5.78. The van der Waals surface area contributed by atoms with E-state index in [4.69, 9.17) is 28.2 Å². The fourth-order valence-electron chi connectivity index (χ4n) is 3.64. The first kappa shape index (κ1) is 19.0. The molecule has 0 N–H and O–H groups in total. The van der Waals surface area contributed by atoms with Crippen LogP contribution >= 0.6 is 23.2 Å². The van der Waals surface area contributed by atoms with Gasteiger partial charge in [-0.15, -0.1) is 0 Å². The maximum absolute atomic E-state index is 13.2. The highest BCUT2D eigenvalue weighted by atomic mass is 35.5. The fraction of sp³-hybridized carbons (Fsp3) is 0.273. The quantitative estimate of drug-likeness (QED) is 0.533. The second-order valence-corrected chi connectivity index (χ2v) is 8.74. The number of carbonyl (C=O) groups excluding carboxylic acids is 1. The second kappa shape index (κ2) is 6.94. The Hall–Kier alpha value is -2.30. The highest BCUT2D eigenvalue weighted by Gasteiger charge is 2.36. The molecule has 0 aliphatic carbocycles. The van der Waals surface area contributed by atoms with Gasteiger partial charge in [-0.1, -0.05) is 53.5 Å². The van der Waals surface area contributed by atoms with Gasteiger partial charge in [0, 0.05) is 34.8 Å². The molecule has 0 saturated heterocycles. The number of benzene rings is 2. The summed E-state index contributed by atoms with van der Waals surface area (Å²) < 4.78 is 2.01. The Morgan fingerprint density at radius 2 is 1.64 bits per heavy atom. The number of rotatable bonds is 2. The van der Waals surface area contributed by atoms with E-state index >= 15 is 0 Å². The summed E-state index contributed by atoms with van der Waals surface area (Å²) in [5, 5.41) is 1.27. The third-order valence-corrected chi connectivity index (χ3v) is 5.59. The van der Waals surface area contributed by atoms with Crippen molar-refractivity contribution in [3.8, 4) is 22.5 Å². The number of carbonyl (C=O) groups is 1. The van der Waals surface area contributed by atoms with Crippen LogP contribution in [0.15, 0.2) is 48.5 Å². The van der Waals surface area contributed by atoms with Gasteiger partial charge < -0.3 is 9.47 Å². The number of halogens is 2. The summed E-state index contributed by atoms with van der Waals surface area (Å²) in [6.07, 6.45) is 0. The third-order valence-electron chi connectivity index (χ3n) is 5.01. The Labute approximate surface area is 174 Å². The van der Waals surface area contributed by atoms with Crippen molar-refractivity contribution in [1.29, 1.82) is 0 Å². The molecule has 2 heterocycles. The highest BCUT2D eigenvalue weighted by Crippen LogP contribution is 2.38. The van der Waals surface area contributed by atoms with Gasteiger partial charge in [0.15, 0.2) is 5.82 Å². The standard InChI is InChI=1S/C22H21Cl2N3O/c1-22(2,3)27-13-12-26-19(14-8-10-15(23)11-9-14)18(25-20(26)21(27)28)16-6-4-5-7-17(16)24/h4-11H,12-13H2,1-3H3. The molecule has 0 bridgehead atoms. The minimum absolute atomic E-state index is 0.0627. The van der Waals surface area contributed by atoms with Gasteiger partial charge in [0.05, 0.1) is 16.4 Å². The summed E-state index contributed by atoms with van der Waals surface area (Å²) in [7, 11) is 0. The monoisotopic (exact) mass is 413 g/mol. The van der Waals surface area contributed by atoms with Gasteiger partial charge in [0.1, 0.15) is 0 Å². The summed E-state index contributed by atoms with van der Waals surface area (Å²) in [6, 6.07) is 15.2. The van der Waals surface area contributed by atoms with Gasteiger partial charge in [0.2, 0.25) is 0 Å². The Morgan fingerprint density at radius 3 is 2.29 bits per heavy atom. The smallest absolute Gasteiger partial charge is 0.290 e. The summed E-state index contributed by atoms with van der Waals surface area (Å²) in [5.74, 6) is 0.383. The van der Waals surface area contributed by atoms with Gasteiger partial charge in [0.25, 0.3) is 5.91 Å². The Bertz CT molecular complexity index is 1050. The first-order valence-corrected chi connectivity index (χ1v) is 9.96. The highest BCUT2D eigenvalue weighted by molar-refractivity contribution is 6.33. The normalized spacial score (nSPS) is 14.3. The number of imidazole rings is 1. The van der Waals surface area contributed by atoms with Crippen molar-refractivity contribution < 1.29 is 4.79 Å². The molecule has 1 aliphatic heterocycles. The Kier molecular flexibility index (Phi) is 4.72. The van der Waals surface area contributed by atoms with Crippen molar-refractivity contribution in [2.75, 3.05) is 6.54 Å². The van der Waals surface area contributed by atoms with Gasteiger partial charge in [-0.3, -0.25) is 4.79 Å². The van der Waals surface area contributed by atoms with Crippen LogP contribution in [0.1, 0.15) is 31.4 Å². The molecule has 144 valence electrons. The van der Waals surface area contributed by atoms with Crippen LogP contribution in [0, 0.1) is 0 Å². The van der Waals surface area contributed by atoms with Crippen molar-refractivity contribution in [3.05, 3.63) is 64.4 Å². The van der Waals surface area contributed by atoms with Crippen LogP contribution in [-0.2, 0) is 6.54 Å². The van der Waals surface area contributed by atoms with Gasteiger partial charge in [-0.2, -0.15) is 0 Å². The number of hydrogen-bond acceptors (Lipinski definition) is 2. The summed E-state index contributed by atoms with van der Waals surface area (Å²) in [4.78, 5) is 19.9. The van der Waals surface area contributed by atoms with E-state index in [0.29, 0.717) is 34.7 Å². The largest absolute Gasteiger partial charge is 0.329 e. The summed E-state index contributed by atoms with van der Waals surface area (Å²) >= 11 is 12.6. The van der Waals surface area contributed by atoms with E-state index in [1.54, 1.807) is 0 Å². The molecule has 0 fully saturated rings. The molecule has 4 rings (SSSR count). The number of amides is 1. The van der Waals surface area contributed by atoms with Crippen LogP contribution in [-0.4, -0.2) is 32.4 Å². The minimum atomic E-state index is -0.265. The molecular weight excluding hydrogens is 393 g/mol. The molecule has 0 radical (unpaired) electrons. The van der Waals surface area contributed by atoms with Gasteiger partial charge >= 0.3 is 0 Å². The lowest BCUT2D eigenvalue weighted by atomic mass is 10.0. The summed E-state index contributed by atoms with van der Waals surface area (Å²) in [6.45, 7) is 7.43. The molecule has 6 heteroatoms. The molecule has 2 aromatic carbocycles. The van der Waals surface area contributed by atoms with E-state index in [2.05, 4.69) is 0 Å². The van der Waals surface area contributed by atoms with E-state index in [1.165, 1.54) is 0 Å². The van der Waals surface area contributed by atoms with Crippen molar-refractivity contribution in [2.24, 2.45) is 0 Å². The molecular formula is C22H21Cl2N3O. The van der Waals surface area contributed by atoms with Crippen LogP contribution < -0.4 is 0 Å². The molecule has 1 amide bonds. The molecule has 1 aromatic heterocycles. The van der Waals surface area contributed by atoms with Crippen LogP contribution in [0.3, 0.4) is 0 Å². The van der Waals surface area contributed by atoms with Gasteiger partial charge in [-0.05, 0) is 39.0 Å². The molecule has 1 aliphatic rings. The lowest BCUT2D eigenvalue weighted by Gasteiger charge is -2.38. The topological polar surface area (TPSA) is 38.1 Å². The molecule has 0 atom stereocenters. The fourth-order valence-corrected chi connectivity index (χ4v) is 3.99. The predicted molar refractivity (Wildman–Crippen MR) is 114 cm³/mol. The van der Waals surface area contributed by atoms with Crippen molar-refractivity contribution in [3.63, 3.8) is 0 Å². The van der Waals surface area contributed by atoms with E-state index in [9.17, 15) is 4.79 Å². The van der Waals surface area contributed by atoms with E-state index in [-0.39, 0.29) is 11.4 Å². The Morgan fingerprint density at radius 1 is 0.964 bits per heavy atom. The van der Waals surface area contributed by atoms with Crippen molar-refractivity contribution in [1.82, 2.24) is 14.5 Å². The maximum atomic E-state index is 13.2. The van der Waals surface area contributed by atoms with Crippen LogP contribution in [0.25, 0.3) is 22.5 Å². The average Bonchev–Trinajstić information content (AvgIpc) is 3.02. The third kappa shape index (κ3) is 3.21. The maximum Gasteiger partial charge on any atom is 0.290 e. The Balaban J connectivity index is 1.96. The zero-order valence-corrected chi connectivity index (χ0v) is 17.6. The number of hydrogen-bond donors (Lipinski definition) is 0. The molecule has 0 saturated carbocycles. The van der Waals surface area contributed by atoms with Crippen molar-refractivity contribution >= 4 is 29.1 Å². The first-order valence-electron chi connectivity index (χ1n) is 9.20. The minimum Gasteiger partial charge on any atom is -0.329 e. The van der Waals surface area contributed by atoms with E-state index in [1.807, 2.05) is 78.8 Å². The second-order valence-electron chi connectivity index (χ2n) is 7.90.